The summed E-state index contributed by atoms with van der Waals surface area (Å²) in [5.41, 5.74) is 4.35. The molecule has 2 rings (SSSR count). The van der Waals surface area contributed by atoms with Gasteiger partial charge in [-0.2, -0.15) is 0 Å². The van der Waals surface area contributed by atoms with Gasteiger partial charge < -0.3 is 5.11 Å². The van der Waals surface area contributed by atoms with Crippen LogP contribution in [0.25, 0.3) is 0 Å². The van der Waals surface area contributed by atoms with E-state index >= 15 is 0 Å². The van der Waals surface area contributed by atoms with Gasteiger partial charge in [-0.3, -0.25) is 5.01 Å². The first-order chi connectivity index (χ1) is 6.63. The summed E-state index contributed by atoms with van der Waals surface area (Å²) in [6.45, 7) is 4.27. The zero-order valence-electron chi connectivity index (χ0n) is 8.57. The van der Waals surface area contributed by atoms with Crippen LogP contribution in [0, 0.1) is 5.41 Å². The van der Waals surface area contributed by atoms with Gasteiger partial charge in [0.25, 0.3) is 0 Å². The van der Waals surface area contributed by atoms with Crippen LogP contribution in [0.2, 0.25) is 0 Å². The SMILES string of the molecule is CC(C)(CO)C1C=C2C=CC=CN2N1. The Kier molecular flexibility index (Phi) is 2.21. The van der Waals surface area contributed by atoms with Crippen molar-refractivity contribution in [2.45, 2.75) is 19.9 Å². The van der Waals surface area contributed by atoms with Crippen molar-refractivity contribution in [3.05, 3.63) is 36.2 Å². The first-order valence-corrected chi connectivity index (χ1v) is 4.86. The van der Waals surface area contributed by atoms with E-state index in [1.807, 2.05) is 37.2 Å². The molecular weight excluding hydrogens is 176 g/mol. The number of hydrazine groups is 1. The van der Waals surface area contributed by atoms with Crippen molar-refractivity contribution in [2.24, 2.45) is 5.41 Å². The number of aliphatic hydroxyl groups excluding tert-OH is 1. The second-order valence-electron chi connectivity index (χ2n) is 4.42. The summed E-state index contributed by atoms with van der Waals surface area (Å²) in [6.07, 6.45) is 10.2. The van der Waals surface area contributed by atoms with E-state index < -0.39 is 0 Å². The molecule has 2 N–H and O–H groups in total. The van der Waals surface area contributed by atoms with Crippen molar-refractivity contribution in [1.82, 2.24) is 10.4 Å². The minimum absolute atomic E-state index is 0.133. The summed E-state index contributed by atoms with van der Waals surface area (Å²) in [5.74, 6) is 0. The molecule has 0 amide bonds. The minimum Gasteiger partial charge on any atom is -0.396 e. The third kappa shape index (κ3) is 1.49. The molecule has 0 saturated heterocycles. The van der Waals surface area contributed by atoms with Gasteiger partial charge in [-0.25, -0.2) is 5.43 Å². The van der Waals surface area contributed by atoms with Gasteiger partial charge in [0.15, 0.2) is 0 Å². The Balaban J connectivity index is 2.18. The number of hydrogen-bond donors (Lipinski definition) is 2. The van der Waals surface area contributed by atoms with E-state index in [1.54, 1.807) is 0 Å². The Labute approximate surface area is 84.4 Å². The summed E-state index contributed by atoms with van der Waals surface area (Å²) in [7, 11) is 0. The fourth-order valence-corrected chi connectivity index (χ4v) is 1.57. The lowest BCUT2D eigenvalue weighted by Crippen LogP contribution is -2.44. The molecule has 2 aliphatic heterocycles. The lowest BCUT2D eigenvalue weighted by atomic mass is 9.86. The van der Waals surface area contributed by atoms with E-state index in [0.29, 0.717) is 0 Å². The van der Waals surface area contributed by atoms with Gasteiger partial charge in [0.1, 0.15) is 0 Å². The second kappa shape index (κ2) is 3.26. The van der Waals surface area contributed by atoms with E-state index in [9.17, 15) is 5.11 Å². The number of nitrogens with one attached hydrogen (secondary N) is 1. The fourth-order valence-electron chi connectivity index (χ4n) is 1.57. The van der Waals surface area contributed by atoms with Gasteiger partial charge in [-0.1, -0.05) is 19.9 Å². The summed E-state index contributed by atoms with van der Waals surface area (Å²) >= 11 is 0. The second-order valence-corrected chi connectivity index (χ2v) is 4.42. The lowest BCUT2D eigenvalue weighted by Gasteiger charge is -2.30. The Bertz CT molecular complexity index is 315. The number of fused-ring (bicyclic) bond motifs is 1. The van der Waals surface area contributed by atoms with Crippen LogP contribution in [0.1, 0.15) is 13.8 Å². The van der Waals surface area contributed by atoms with E-state index in [1.165, 1.54) is 0 Å². The molecule has 14 heavy (non-hydrogen) atoms. The number of nitrogens with zero attached hydrogens (tertiary/aromatic N) is 1. The third-order valence-corrected chi connectivity index (χ3v) is 2.76. The van der Waals surface area contributed by atoms with Crippen molar-refractivity contribution in [2.75, 3.05) is 6.61 Å². The molecule has 0 aromatic heterocycles. The zero-order valence-corrected chi connectivity index (χ0v) is 8.57. The van der Waals surface area contributed by atoms with E-state index in [-0.39, 0.29) is 18.1 Å². The highest BCUT2D eigenvalue weighted by Crippen LogP contribution is 2.28. The largest absolute Gasteiger partial charge is 0.396 e. The van der Waals surface area contributed by atoms with Crippen molar-refractivity contribution in [3.63, 3.8) is 0 Å². The highest BCUT2D eigenvalue weighted by atomic mass is 16.3. The van der Waals surface area contributed by atoms with E-state index in [0.717, 1.165) is 5.70 Å². The summed E-state index contributed by atoms with van der Waals surface area (Å²) < 4.78 is 0. The lowest BCUT2D eigenvalue weighted by molar-refractivity contribution is 0.118. The van der Waals surface area contributed by atoms with Gasteiger partial charge in [-0.15, -0.1) is 0 Å². The number of allylic oxidation sites excluding steroid dienone is 3. The number of hydrogen-bond acceptors (Lipinski definition) is 3. The Hall–Kier alpha value is -1.06. The summed E-state index contributed by atoms with van der Waals surface area (Å²) in [4.78, 5) is 0. The van der Waals surface area contributed by atoms with Crippen molar-refractivity contribution >= 4 is 0 Å². The smallest absolute Gasteiger partial charge is 0.0547 e. The van der Waals surface area contributed by atoms with Crippen LogP contribution < -0.4 is 5.43 Å². The maximum atomic E-state index is 9.26. The molecular formula is C11H16N2O. The minimum atomic E-state index is -0.133. The predicted octanol–water partition coefficient (Wildman–Crippen LogP) is 1.16. The molecule has 0 radical (unpaired) electrons. The van der Waals surface area contributed by atoms with Crippen LogP contribution in [0.5, 0.6) is 0 Å². The first kappa shape index (κ1) is 9.49. The van der Waals surface area contributed by atoms with E-state index in [4.69, 9.17) is 0 Å². The molecule has 0 spiro atoms. The molecule has 0 aliphatic carbocycles. The molecule has 0 bridgehead atoms. The first-order valence-electron chi connectivity index (χ1n) is 4.86. The number of aliphatic hydroxyl groups is 1. The monoisotopic (exact) mass is 192 g/mol. The standard InChI is InChI=1S/C11H16N2O/c1-11(2,8-14)10-7-9-5-3-4-6-13(9)12-10/h3-7,10,12,14H,8H2,1-2H3. The third-order valence-electron chi connectivity index (χ3n) is 2.76. The van der Waals surface area contributed by atoms with Crippen LogP contribution in [0.15, 0.2) is 36.2 Å². The molecule has 1 atom stereocenters. The Morgan fingerprint density at radius 1 is 1.50 bits per heavy atom. The van der Waals surface area contributed by atoms with Gasteiger partial charge in [0.2, 0.25) is 0 Å². The van der Waals surface area contributed by atoms with Crippen LogP contribution in [0.3, 0.4) is 0 Å². The topological polar surface area (TPSA) is 35.5 Å². The van der Waals surface area contributed by atoms with Crippen molar-refractivity contribution in [1.29, 1.82) is 0 Å². The maximum Gasteiger partial charge on any atom is 0.0547 e. The quantitative estimate of drug-likeness (QED) is 0.689. The van der Waals surface area contributed by atoms with Gasteiger partial charge in [0, 0.05) is 11.6 Å². The molecule has 0 aromatic rings. The molecule has 2 aliphatic rings. The fraction of sp³-hybridized carbons (Fsp3) is 0.455. The van der Waals surface area contributed by atoms with Crippen LogP contribution >= 0.6 is 0 Å². The Morgan fingerprint density at radius 3 is 2.93 bits per heavy atom. The molecule has 2 heterocycles. The average Bonchev–Trinajstić information content (AvgIpc) is 2.61. The summed E-state index contributed by atoms with van der Waals surface area (Å²) in [5, 5.41) is 11.3. The van der Waals surface area contributed by atoms with E-state index in [2.05, 4.69) is 17.6 Å². The molecule has 0 aromatic carbocycles. The highest BCUT2D eigenvalue weighted by Gasteiger charge is 2.33. The zero-order chi connectivity index (χ0) is 10.2. The van der Waals surface area contributed by atoms with Gasteiger partial charge in [-0.05, 0) is 18.2 Å². The van der Waals surface area contributed by atoms with Crippen molar-refractivity contribution < 1.29 is 5.11 Å². The van der Waals surface area contributed by atoms with Crippen molar-refractivity contribution in [3.8, 4) is 0 Å². The number of rotatable bonds is 2. The molecule has 3 heteroatoms. The molecule has 0 saturated carbocycles. The normalized spacial score (nSPS) is 25.2. The molecule has 76 valence electrons. The predicted molar refractivity (Wildman–Crippen MR) is 56.0 cm³/mol. The van der Waals surface area contributed by atoms with Crippen LogP contribution in [-0.2, 0) is 0 Å². The van der Waals surface area contributed by atoms with Crippen LogP contribution in [0.4, 0.5) is 0 Å². The molecule has 1 unspecified atom stereocenters. The summed E-state index contributed by atoms with van der Waals surface area (Å²) in [6, 6.07) is 0.190. The maximum absolute atomic E-state index is 9.26. The highest BCUT2D eigenvalue weighted by molar-refractivity contribution is 5.32. The van der Waals surface area contributed by atoms with Crippen LogP contribution in [-0.4, -0.2) is 22.8 Å². The molecule has 3 nitrogen and oxygen atoms in total. The van der Waals surface area contributed by atoms with Gasteiger partial charge in [0.05, 0.1) is 18.3 Å². The Morgan fingerprint density at radius 2 is 2.29 bits per heavy atom. The van der Waals surface area contributed by atoms with Gasteiger partial charge >= 0.3 is 0 Å². The average molecular weight is 192 g/mol. The molecule has 0 fully saturated rings.